The minimum Gasteiger partial charge on any atom is -0.488 e. The summed E-state index contributed by atoms with van der Waals surface area (Å²) >= 11 is 0. The van der Waals surface area contributed by atoms with Gasteiger partial charge in [-0.15, -0.1) is 0 Å². The Bertz CT molecular complexity index is 722. The van der Waals surface area contributed by atoms with E-state index in [-0.39, 0.29) is 17.0 Å². The Morgan fingerprint density at radius 3 is 2.00 bits per heavy atom. The van der Waals surface area contributed by atoms with Gasteiger partial charge in [-0.1, -0.05) is 32.1 Å². The van der Waals surface area contributed by atoms with Crippen LogP contribution in [0.4, 0.5) is 0 Å². The van der Waals surface area contributed by atoms with E-state index >= 15 is 0 Å². The first-order valence-electron chi connectivity index (χ1n) is 9.69. The second-order valence-corrected chi connectivity index (χ2v) is 9.91. The molecule has 1 aromatic carbocycles. The van der Waals surface area contributed by atoms with Crippen LogP contribution in [0, 0.1) is 11.3 Å². The zero-order valence-electron chi connectivity index (χ0n) is 18.1. The van der Waals surface area contributed by atoms with Crippen molar-refractivity contribution < 1.29 is 14.3 Å². The van der Waals surface area contributed by atoms with Crippen LogP contribution in [0.2, 0.25) is 0 Å². The highest BCUT2D eigenvalue weighted by atomic mass is 16.5. The summed E-state index contributed by atoms with van der Waals surface area (Å²) in [5.41, 5.74) is 0.533. The number of benzene rings is 1. The maximum absolute atomic E-state index is 12.1. The predicted molar refractivity (Wildman–Crippen MR) is 111 cm³/mol. The number of rotatable bonds is 4. The number of esters is 1. The fourth-order valence-electron chi connectivity index (χ4n) is 2.99. The SMILES string of the molecule is CC(C)(C)Oc1ccc(C(C)(C)C2C=CC(OC(=O)C(C)(C)C)=CC2)cc1. The number of hydrogen-bond donors (Lipinski definition) is 0. The Hall–Kier alpha value is -2.03. The van der Waals surface area contributed by atoms with Crippen molar-refractivity contribution in [2.24, 2.45) is 11.3 Å². The maximum atomic E-state index is 12.1. The zero-order valence-corrected chi connectivity index (χ0v) is 18.1. The third-order valence-corrected chi connectivity index (χ3v) is 4.84. The second kappa shape index (κ2) is 7.53. The van der Waals surface area contributed by atoms with E-state index in [0.717, 1.165) is 12.2 Å². The molecule has 0 N–H and O–H groups in total. The fourth-order valence-corrected chi connectivity index (χ4v) is 2.99. The standard InChI is InChI=1S/C24H34O3/c1-22(2,3)21(25)26-19-13-9-17(10-14-19)24(7,8)18-11-15-20(16-12-18)27-23(4,5)6/h9,11-17H,10H2,1-8H3. The van der Waals surface area contributed by atoms with Gasteiger partial charge in [0, 0.05) is 0 Å². The minimum absolute atomic E-state index is 0.0349. The quantitative estimate of drug-likeness (QED) is 0.593. The largest absolute Gasteiger partial charge is 0.488 e. The van der Waals surface area contributed by atoms with E-state index in [0.29, 0.717) is 11.7 Å². The molecule has 1 aromatic rings. The molecule has 0 spiro atoms. The molecule has 1 unspecified atom stereocenters. The van der Waals surface area contributed by atoms with Crippen LogP contribution >= 0.6 is 0 Å². The van der Waals surface area contributed by atoms with E-state index in [4.69, 9.17) is 9.47 Å². The van der Waals surface area contributed by atoms with Crippen LogP contribution in [-0.2, 0) is 14.9 Å². The molecule has 0 heterocycles. The zero-order chi connectivity index (χ0) is 20.5. The van der Waals surface area contributed by atoms with E-state index in [9.17, 15) is 4.79 Å². The van der Waals surface area contributed by atoms with Gasteiger partial charge in [0.25, 0.3) is 0 Å². The lowest BCUT2D eigenvalue weighted by atomic mass is 9.71. The molecule has 3 nitrogen and oxygen atoms in total. The van der Waals surface area contributed by atoms with Gasteiger partial charge in [0.15, 0.2) is 0 Å². The number of ether oxygens (including phenoxy) is 2. The van der Waals surface area contributed by atoms with Crippen LogP contribution in [0.5, 0.6) is 5.75 Å². The second-order valence-electron chi connectivity index (χ2n) is 9.91. The van der Waals surface area contributed by atoms with Crippen LogP contribution < -0.4 is 4.74 Å². The lowest BCUT2D eigenvalue weighted by Crippen LogP contribution is -2.29. The molecular formula is C24H34O3. The molecule has 3 heteroatoms. The van der Waals surface area contributed by atoms with Crippen molar-refractivity contribution in [3.63, 3.8) is 0 Å². The van der Waals surface area contributed by atoms with E-state index in [1.807, 2.05) is 65.8 Å². The lowest BCUT2D eigenvalue weighted by Gasteiger charge is -2.34. The molecule has 1 aliphatic rings. The van der Waals surface area contributed by atoms with Crippen LogP contribution in [-0.4, -0.2) is 11.6 Å². The van der Waals surface area contributed by atoms with Crippen molar-refractivity contribution >= 4 is 5.97 Å². The van der Waals surface area contributed by atoms with Gasteiger partial charge in [-0.05, 0) is 89.1 Å². The first kappa shape index (κ1) is 21.3. The van der Waals surface area contributed by atoms with Crippen molar-refractivity contribution in [2.45, 2.75) is 72.8 Å². The average molecular weight is 371 g/mol. The normalized spacial score (nSPS) is 18.1. The fraction of sp³-hybridized carbons (Fsp3) is 0.542. The van der Waals surface area contributed by atoms with Gasteiger partial charge in [0.1, 0.15) is 17.1 Å². The Morgan fingerprint density at radius 1 is 0.963 bits per heavy atom. The first-order valence-corrected chi connectivity index (χ1v) is 9.69. The van der Waals surface area contributed by atoms with Gasteiger partial charge in [0.05, 0.1) is 5.41 Å². The lowest BCUT2D eigenvalue weighted by molar-refractivity contribution is -0.148. The molecule has 2 rings (SSSR count). The summed E-state index contributed by atoms with van der Waals surface area (Å²) < 4.78 is 11.4. The highest BCUT2D eigenvalue weighted by Crippen LogP contribution is 2.38. The van der Waals surface area contributed by atoms with Crippen LogP contribution in [0.25, 0.3) is 0 Å². The molecule has 0 saturated heterocycles. The van der Waals surface area contributed by atoms with Gasteiger partial charge >= 0.3 is 5.97 Å². The summed E-state index contributed by atoms with van der Waals surface area (Å²) in [6.07, 6.45) is 6.95. The van der Waals surface area contributed by atoms with Crippen molar-refractivity contribution in [1.82, 2.24) is 0 Å². The summed E-state index contributed by atoms with van der Waals surface area (Å²) in [6, 6.07) is 8.38. The molecule has 0 aromatic heterocycles. The Kier molecular flexibility index (Phi) is 5.94. The number of allylic oxidation sites excluding steroid dienone is 3. The van der Waals surface area contributed by atoms with Gasteiger partial charge in [-0.3, -0.25) is 4.79 Å². The molecule has 0 saturated carbocycles. The summed E-state index contributed by atoms with van der Waals surface area (Å²) in [6.45, 7) is 16.2. The molecule has 27 heavy (non-hydrogen) atoms. The van der Waals surface area contributed by atoms with Crippen LogP contribution in [0.3, 0.4) is 0 Å². The van der Waals surface area contributed by atoms with Crippen LogP contribution in [0.1, 0.15) is 67.4 Å². The molecule has 0 bridgehead atoms. The Balaban J connectivity index is 2.06. The average Bonchev–Trinajstić information content (AvgIpc) is 2.53. The Labute approximate surface area is 164 Å². The number of carbonyl (C=O) groups is 1. The minimum atomic E-state index is -0.498. The summed E-state index contributed by atoms with van der Waals surface area (Å²) in [5.74, 6) is 1.67. The smallest absolute Gasteiger partial charge is 0.316 e. The maximum Gasteiger partial charge on any atom is 0.316 e. The molecule has 0 radical (unpaired) electrons. The number of carbonyl (C=O) groups excluding carboxylic acids is 1. The van der Waals surface area contributed by atoms with E-state index in [2.05, 4.69) is 32.1 Å². The highest BCUT2D eigenvalue weighted by Gasteiger charge is 2.31. The molecular weight excluding hydrogens is 336 g/mol. The molecule has 148 valence electrons. The molecule has 1 atom stereocenters. The summed E-state index contributed by atoms with van der Waals surface area (Å²) in [5, 5.41) is 0. The van der Waals surface area contributed by atoms with Crippen molar-refractivity contribution in [3.8, 4) is 5.75 Å². The van der Waals surface area contributed by atoms with E-state index in [1.165, 1.54) is 5.56 Å². The number of hydrogen-bond acceptors (Lipinski definition) is 3. The summed E-state index contributed by atoms with van der Waals surface area (Å²) in [7, 11) is 0. The van der Waals surface area contributed by atoms with E-state index in [1.54, 1.807) is 0 Å². The third kappa shape index (κ3) is 5.72. The molecule has 1 aliphatic carbocycles. The van der Waals surface area contributed by atoms with Gasteiger partial charge in [0.2, 0.25) is 0 Å². The van der Waals surface area contributed by atoms with Crippen molar-refractivity contribution in [3.05, 3.63) is 53.8 Å². The molecule has 0 aliphatic heterocycles. The highest BCUT2D eigenvalue weighted by molar-refractivity contribution is 5.76. The third-order valence-electron chi connectivity index (χ3n) is 4.84. The van der Waals surface area contributed by atoms with Gasteiger partial charge in [-0.25, -0.2) is 0 Å². The monoisotopic (exact) mass is 370 g/mol. The first-order chi connectivity index (χ1) is 12.3. The summed E-state index contributed by atoms with van der Waals surface area (Å²) in [4.78, 5) is 12.1. The van der Waals surface area contributed by atoms with Crippen molar-refractivity contribution in [1.29, 1.82) is 0 Å². The van der Waals surface area contributed by atoms with Crippen molar-refractivity contribution in [2.75, 3.05) is 0 Å². The van der Waals surface area contributed by atoms with Gasteiger partial charge in [-0.2, -0.15) is 0 Å². The van der Waals surface area contributed by atoms with Crippen LogP contribution in [0.15, 0.2) is 48.3 Å². The van der Waals surface area contributed by atoms with E-state index < -0.39 is 5.41 Å². The molecule has 0 amide bonds. The molecule has 0 fully saturated rings. The van der Waals surface area contributed by atoms with Gasteiger partial charge < -0.3 is 9.47 Å². The Morgan fingerprint density at radius 2 is 1.56 bits per heavy atom. The predicted octanol–water partition coefficient (Wildman–Crippen LogP) is 6.19. The topological polar surface area (TPSA) is 35.5 Å².